The van der Waals surface area contributed by atoms with Crippen LogP contribution >= 0.6 is 8.19 Å². The molecule has 2 rings (SSSR count). The van der Waals surface area contributed by atoms with Gasteiger partial charge in [-0.2, -0.15) is 0 Å². The van der Waals surface area contributed by atoms with Crippen molar-refractivity contribution in [2.45, 2.75) is 58.9 Å². The Bertz CT molecular complexity index is 578. The van der Waals surface area contributed by atoms with Crippen LogP contribution < -0.4 is 15.1 Å². The Labute approximate surface area is 150 Å². The number of nitrogens with one attached hydrogen (secondary N) is 1. The molecule has 2 heterocycles. The van der Waals surface area contributed by atoms with Crippen molar-refractivity contribution in [3.05, 3.63) is 23.5 Å². The third-order valence-corrected chi connectivity index (χ3v) is 5.89. The Morgan fingerprint density at radius 1 is 1.17 bits per heavy atom. The van der Waals surface area contributed by atoms with E-state index in [-0.39, 0.29) is 5.54 Å². The molecule has 1 aliphatic rings. The summed E-state index contributed by atoms with van der Waals surface area (Å²) in [6.45, 7) is 11.3. The zero-order valence-electron chi connectivity index (χ0n) is 16.3. The van der Waals surface area contributed by atoms with Crippen molar-refractivity contribution in [2.24, 2.45) is 0 Å². The molecule has 0 aromatic carbocycles. The molecular formula is C20H34N3P. The van der Waals surface area contributed by atoms with E-state index < -0.39 is 0 Å². The summed E-state index contributed by atoms with van der Waals surface area (Å²) in [6, 6.07) is 2.34. The van der Waals surface area contributed by atoms with Gasteiger partial charge in [0.05, 0.1) is 11.0 Å². The van der Waals surface area contributed by atoms with E-state index in [0.717, 1.165) is 13.1 Å². The van der Waals surface area contributed by atoms with E-state index in [2.05, 4.69) is 74.8 Å². The summed E-state index contributed by atoms with van der Waals surface area (Å²) in [5.41, 5.74) is 5.48. The highest BCUT2D eigenvalue weighted by molar-refractivity contribution is 7.34. The third-order valence-electron chi connectivity index (χ3n) is 4.77. The molecule has 0 saturated heterocycles. The van der Waals surface area contributed by atoms with Crippen molar-refractivity contribution in [2.75, 3.05) is 37.0 Å². The molecule has 0 bridgehead atoms. The summed E-state index contributed by atoms with van der Waals surface area (Å²) >= 11 is 0. The van der Waals surface area contributed by atoms with Gasteiger partial charge < -0.3 is 15.1 Å². The fourth-order valence-electron chi connectivity index (χ4n) is 3.36. The predicted octanol–water partition coefficient (Wildman–Crippen LogP) is 5.46. The molecule has 1 aromatic rings. The lowest BCUT2D eigenvalue weighted by molar-refractivity contribution is 0.565. The number of hydrogen-bond acceptors (Lipinski definition) is 3. The molecule has 24 heavy (non-hydrogen) atoms. The van der Waals surface area contributed by atoms with Crippen LogP contribution in [0.5, 0.6) is 0 Å². The maximum Gasteiger partial charge on any atom is 0.0744 e. The van der Waals surface area contributed by atoms with Crippen LogP contribution in [0.15, 0.2) is 17.9 Å². The second-order valence-electron chi connectivity index (χ2n) is 7.40. The van der Waals surface area contributed by atoms with Crippen LogP contribution in [0.1, 0.15) is 58.9 Å². The van der Waals surface area contributed by atoms with Gasteiger partial charge in [0.25, 0.3) is 0 Å². The number of hydrogen-bond donors (Lipinski definition) is 1. The van der Waals surface area contributed by atoms with Gasteiger partial charge in [-0.1, -0.05) is 26.2 Å². The minimum absolute atomic E-state index is 0.0592. The normalized spacial score (nSPS) is 16.1. The predicted molar refractivity (Wildman–Crippen MR) is 111 cm³/mol. The van der Waals surface area contributed by atoms with Crippen molar-refractivity contribution >= 4 is 25.0 Å². The second-order valence-corrected chi connectivity index (χ2v) is 8.34. The van der Waals surface area contributed by atoms with E-state index in [4.69, 9.17) is 0 Å². The zero-order chi connectivity index (χ0) is 17.7. The molecule has 0 spiro atoms. The lowest BCUT2D eigenvalue weighted by Crippen LogP contribution is -2.45. The minimum atomic E-state index is 0.0592. The first-order valence-corrected chi connectivity index (χ1v) is 10.3. The summed E-state index contributed by atoms with van der Waals surface area (Å²) in [5, 5.41) is 3.73. The molecule has 4 heteroatoms. The highest BCUT2D eigenvalue weighted by Gasteiger charge is 2.32. The van der Waals surface area contributed by atoms with Crippen LogP contribution in [-0.2, 0) is 0 Å². The van der Waals surface area contributed by atoms with E-state index in [1.807, 2.05) is 0 Å². The first-order chi connectivity index (χ1) is 11.4. The van der Waals surface area contributed by atoms with Gasteiger partial charge in [-0.3, -0.25) is 0 Å². The number of nitrogens with zero attached hydrogens (tertiary/aromatic N) is 2. The Morgan fingerprint density at radius 3 is 2.54 bits per heavy atom. The second kappa shape index (κ2) is 8.25. The molecule has 0 aliphatic carbocycles. The van der Waals surface area contributed by atoms with Crippen LogP contribution in [0.3, 0.4) is 0 Å². The topological polar surface area (TPSA) is 18.5 Å². The monoisotopic (exact) mass is 347 g/mol. The molecule has 0 atom stereocenters. The number of unbranched alkanes of at least 4 members (excludes halogenated alkanes) is 3. The summed E-state index contributed by atoms with van der Waals surface area (Å²) in [7, 11) is 5.54. The van der Waals surface area contributed by atoms with Gasteiger partial charge >= 0.3 is 0 Å². The summed E-state index contributed by atoms with van der Waals surface area (Å²) in [6.07, 6.45) is 7.61. The molecule has 0 amide bonds. The van der Waals surface area contributed by atoms with E-state index in [1.54, 1.807) is 0 Å². The van der Waals surface area contributed by atoms with E-state index >= 15 is 0 Å². The lowest BCUT2D eigenvalue weighted by Gasteiger charge is -2.43. The Balaban J connectivity index is 2.28. The van der Waals surface area contributed by atoms with Gasteiger partial charge in [-0.25, -0.2) is 0 Å². The van der Waals surface area contributed by atoms with Gasteiger partial charge in [-0.15, -0.1) is 0 Å². The summed E-state index contributed by atoms with van der Waals surface area (Å²) < 4.78 is 0. The fraction of sp³-hybridized carbons (Fsp3) is 0.650. The third kappa shape index (κ3) is 4.25. The standard InChI is InChI=1S/C20H34N3P/c1-7-9-10-11-12-21-18-14-20(3,4)23(8-2)19-17(18)13-16(15-24-19)22(5)6/h13-15,21H,7-12H2,1-6H3. The summed E-state index contributed by atoms with van der Waals surface area (Å²) in [5.74, 6) is 2.32. The molecule has 1 aromatic heterocycles. The van der Waals surface area contributed by atoms with Crippen molar-refractivity contribution in [1.82, 2.24) is 5.32 Å². The van der Waals surface area contributed by atoms with E-state index in [0.29, 0.717) is 0 Å². The number of likely N-dealkylation sites (N-methyl/N-ethyl adjacent to an activating group) is 1. The highest BCUT2D eigenvalue weighted by Crippen LogP contribution is 2.44. The largest absolute Gasteiger partial charge is 0.385 e. The van der Waals surface area contributed by atoms with Gasteiger partial charge in [0.15, 0.2) is 0 Å². The van der Waals surface area contributed by atoms with Crippen LogP contribution in [0.25, 0.3) is 5.70 Å². The minimum Gasteiger partial charge on any atom is -0.385 e. The number of fused-ring (bicyclic) bond motifs is 1. The smallest absolute Gasteiger partial charge is 0.0744 e. The van der Waals surface area contributed by atoms with E-state index in [1.165, 1.54) is 56.2 Å². The highest BCUT2D eigenvalue weighted by atomic mass is 31.0. The fourth-order valence-corrected chi connectivity index (χ4v) is 4.79. The van der Waals surface area contributed by atoms with Gasteiger partial charge in [-0.05, 0) is 53.3 Å². The Morgan fingerprint density at radius 2 is 1.92 bits per heavy atom. The van der Waals surface area contributed by atoms with Crippen molar-refractivity contribution in [3.8, 4) is 0 Å². The molecule has 0 saturated carbocycles. The van der Waals surface area contributed by atoms with Crippen molar-refractivity contribution in [3.63, 3.8) is 0 Å². The molecule has 0 fully saturated rings. The van der Waals surface area contributed by atoms with Crippen LogP contribution in [-0.4, -0.2) is 32.7 Å². The molecular weight excluding hydrogens is 313 g/mol. The van der Waals surface area contributed by atoms with Crippen LogP contribution in [0.2, 0.25) is 0 Å². The van der Waals surface area contributed by atoms with Crippen LogP contribution in [0, 0.1) is 0 Å². The van der Waals surface area contributed by atoms with Crippen molar-refractivity contribution < 1.29 is 0 Å². The molecule has 0 unspecified atom stereocenters. The van der Waals surface area contributed by atoms with Gasteiger partial charge in [0.1, 0.15) is 0 Å². The quantitative estimate of drug-likeness (QED) is 0.630. The maximum absolute atomic E-state index is 3.73. The Hall–Kier alpha value is -1.21. The SMILES string of the molecule is CCCCCCNC1=CC(C)(C)N(CC)c2pcc(N(C)C)cc21. The van der Waals surface area contributed by atoms with Gasteiger partial charge in [0.2, 0.25) is 0 Å². The Kier molecular flexibility index (Phi) is 6.57. The molecule has 134 valence electrons. The molecule has 0 radical (unpaired) electrons. The van der Waals surface area contributed by atoms with Crippen LogP contribution in [0.4, 0.5) is 11.1 Å². The van der Waals surface area contributed by atoms with E-state index in [9.17, 15) is 0 Å². The zero-order valence-corrected chi connectivity index (χ0v) is 17.2. The first kappa shape index (κ1) is 19.1. The molecule has 1 aliphatic heterocycles. The van der Waals surface area contributed by atoms with Gasteiger partial charge in [0, 0.05) is 44.1 Å². The average Bonchev–Trinajstić information content (AvgIpc) is 2.53. The van der Waals surface area contributed by atoms with Crippen molar-refractivity contribution in [1.29, 1.82) is 0 Å². The number of anilines is 2. The maximum atomic E-state index is 3.73. The first-order valence-electron chi connectivity index (χ1n) is 9.32. The molecule has 1 N–H and O–H groups in total. The average molecular weight is 347 g/mol. The lowest BCUT2D eigenvalue weighted by atomic mass is 9.94. The summed E-state index contributed by atoms with van der Waals surface area (Å²) in [4.78, 5) is 4.73. The molecule has 3 nitrogen and oxygen atoms in total. The number of rotatable bonds is 8.